The van der Waals surface area contributed by atoms with Crippen molar-refractivity contribution in [2.45, 2.75) is 26.8 Å². The van der Waals surface area contributed by atoms with Crippen molar-refractivity contribution in [3.8, 4) is 0 Å². The summed E-state index contributed by atoms with van der Waals surface area (Å²) >= 11 is 0. The fraction of sp³-hybridized carbons (Fsp3) is 0.385. The van der Waals surface area contributed by atoms with E-state index in [4.69, 9.17) is 0 Å². The van der Waals surface area contributed by atoms with Crippen LogP contribution in [0, 0.1) is 5.92 Å². The van der Waals surface area contributed by atoms with Gasteiger partial charge in [0.1, 0.15) is 0 Å². The highest BCUT2D eigenvalue weighted by Gasteiger charge is 2.13. The highest BCUT2D eigenvalue weighted by molar-refractivity contribution is 7.92. The lowest BCUT2D eigenvalue weighted by atomic mass is 10.1. The van der Waals surface area contributed by atoms with Gasteiger partial charge in [0, 0.05) is 11.4 Å². The van der Waals surface area contributed by atoms with E-state index in [1.165, 1.54) is 5.41 Å². The zero-order chi connectivity index (χ0) is 12.9. The van der Waals surface area contributed by atoms with E-state index in [1.54, 1.807) is 6.08 Å². The van der Waals surface area contributed by atoms with Crippen LogP contribution in [-0.2, 0) is 10.0 Å². The minimum Gasteiger partial charge on any atom is -0.209 e. The maximum atomic E-state index is 11.7. The first kappa shape index (κ1) is 13.9. The summed E-state index contributed by atoms with van der Waals surface area (Å²) in [6.45, 7) is 5.82. The van der Waals surface area contributed by atoms with Crippen molar-refractivity contribution >= 4 is 16.1 Å². The minimum absolute atomic E-state index is 0.0691. The van der Waals surface area contributed by atoms with Gasteiger partial charge in [-0.05, 0) is 24.5 Å². The molecule has 0 aromatic heterocycles. The van der Waals surface area contributed by atoms with Gasteiger partial charge in [-0.15, -0.1) is 0 Å². The summed E-state index contributed by atoms with van der Waals surface area (Å²) in [7, 11) is -3.35. The van der Waals surface area contributed by atoms with Crippen LogP contribution in [0.2, 0.25) is 0 Å². The second kappa shape index (κ2) is 5.98. The maximum absolute atomic E-state index is 11.7. The summed E-state index contributed by atoms with van der Waals surface area (Å²) in [5, 5.41) is 1.21. The van der Waals surface area contributed by atoms with Crippen molar-refractivity contribution < 1.29 is 8.42 Å². The van der Waals surface area contributed by atoms with Crippen LogP contribution >= 0.6 is 0 Å². The Morgan fingerprint density at radius 2 is 1.71 bits per heavy atom. The smallest absolute Gasteiger partial charge is 0.209 e. The van der Waals surface area contributed by atoms with Crippen LogP contribution in [0.3, 0.4) is 0 Å². The second-order valence-electron chi connectivity index (χ2n) is 4.41. The number of hydrogen-bond donors (Lipinski definition) is 1. The van der Waals surface area contributed by atoms with E-state index in [0.29, 0.717) is 0 Å². The van der Waals surface area contributed by atoms with E-state index in [0.717, 1.165) is 5.56 Å². The zero-order valence-corrected chi connectivity index (χ0v) is 11.2. The van der Waals surface area contributed by atoms with Crippen molar-refractivity contribution in [1.82, 2.24) is 4.72 Å². The van der Waals surface area contributed by atoms with Crippen LogP contribution in [-0.4, -0.2) is 14.5 Å². The van der Waals surface area contributed by atoms with E-state index in [2.05, 4.69) is 4.72 Å². The number of nitrogens with one attached hydrogen (secondary N) is 1. The van der Waals surface area contributed by atoms with Gasteiger partial charge < -0.3 is 0 Å². The molecule has 0 radical (unpaired) electrons. The van der Waals surface area contributed by atoms with Gasteiger partial charge in [0.25, 0.3) is 0 Å². The average Bonchev–Trinajstić information content (AvgIpc) is 2.27. The Kier molecular flexibility index (Phi) is 4.90. The van der Waals surface area contributed by atoms with Gasteiger partial charge in [-0.2, -0.15) is 0 Å². The summed E-state index contributed by atoms with van der Waals surface area (Å²) in [5.41, 5.74) is 0.870. The third-order valence-corrected chi connectivity index (χ3v) is 3.78. The van der Waals surface area contributed by atoms with Gasteiger partial charge in [0.15, 0.2) is 0 Å². The Morgan fingerprint density at radius 1 is 1.12 bits per heavy atom. The summed E-state index contributed by atoms with van der Waals surface area (Å²) in [4.78, 5) is 0. The second-order valence-corrected chi connectivity index (χ2v) is 6.01. The van der Waals surface area contributed by atoms with Gasteiger partial charge in [0.05, 0.1) is 0 Å². The molecule has 0 spiro atoms. The van der Waals surface area contributed by atoms with E-state index >= 15 is 0 Å². The molecule has 17 heavy (non-hydrogen) atoms. The fourth-order valence-corrected chi connectivity index (χ4v) is 2.37. The first-order valence-electron chi connectivity index (χ1n) is 5.66. The highest BCUT2D eigenvalue weighted by atomic mass is 32.2. The molecule has 0 aliphatic heterocycles. The molecular weight excluding hydrogens is 234 g/mol. The summed E-state index contributed by atoms with van der Waals surface area (Å²) in [6.07, 6.45) is 1.59. The molecule has 1 N–H and O–H groups in total. The zero-order valence-electron chi connectivity index (χ0n) is 10.4. The molecular formula is C13H19NO2S. The molecule has 0 aliphatic carbocycles. The monoisotopic (exact) mass is 253 g/mol. The molecule has 1 rings (SSSR count). The summed E-state index contributed by atoms with van der Waals surface area (Å²) < 4.78 is 26.1. The van der Waals surface area contributed by atoms with Crippen LogP contribution < -0.4 is 4.72 Å². The Balaban J connectivity index is 2.71. The number of sulfonamides is 1. The highest BCUT2D eigenvalue weighted by Crippen LogP contribution is 2.05. The van der Waals surface area contributed by atoms with Gasteiger partial charge in [0.2, 0.25) is 10.0 Å². The van der Waals surface area contributed by atoms with Gasteiger partial charge in [-0.1, -0.05) is 44.2 Å². The topological polar surface area (TPSA) is 46.2 Å². The lowest BCUT2D eigenvalue weighted by molar-refractivity contribution is 0.480. The first-order chi connectivity index (χ1) is 7.91. The third-order valence-electron chi connectivity index (χ3n) is 2.59. The molecule has 4 heteroatoms. The van der Waals surface area contributed by atoms with Crippen LogP contribution in [0.5, 0.6) is 0 Å². The molecule has 0 unspecified atom stereocenters. The molecule has 94 valence electrons. The lowest BCUT2D eigenvalue weighted by Gasteiger charge is -2.15. The molecule has 0 aliphatic rings. The van der Waals surface area contributed by atoms with E-state index in [-0.39, 0.29) is 12.0 Å². The average molecular weight is 253 g/mol. The van der Waals surface area contributed by atoms with Crippen molar-refractivity contribution in [3.05, 3.63) is 41.3 Å². The fourth-order valence-electron chi connectivity index (χ4n) is 1.17. The van der Waals surface area contributed by atoms with Gasteiger partial charge in [-0.3, -0.25) is 0 Å². The van der Waals surface area contributed by atoms with Crippen LogP contribution in [0.4, 0.5) is 0 Å². The van der Waals surface area contributed by atoms with Crippen LogP contribution in [0.15, 0.2) is 35.7 Å². The molecule has 0 saturated carbocycles. The van der Waals surface area contributed by atoms with Crippen LogP contribution in [0.1, 0.15) is 26.3 Å². The predicted octanol–water partition coefficient (Wildman–Crippen LogP) is 2.62. The lowest BCUT2D eigenvalue weighted by Crippen LogP contribution is -2.34. The SMILES string of the molecule is CC(C)[C@H](C)NS(=O)(=O)/C=C/c1ccccc1. The van der Waals surface area contributed by atoms with E-state index in [1.807, 2.05) is 51.1 Å². The Hall–Kier alpha value is -1.13. The van der Waals surface area contributed by atoms with Crippen molar-refractivity contribution in [2.24, 2.45) is 5.92 Å². The van der Waals surface area contributed by atoms with Crippen LogP contribution in [0.25, 0.3) is 6.08 Å². The normalized spacial score (nSPS) is 14.4. The van der Waals surface area contributed by atoms with Crippen molar-refractivity contribution in [1.29, 1.82) is 0 Å². The quantitative estimate of drug-likeness (QED) is 0.876. The van der Waals surface area contributed by atoms with E-state index < -0.39 is 10.0 Å². The molecule has 0 fully saturated rings. The predicted molar refractivity (Wildman–Crippen MR) is 71.8 cm³/mol. The molecule has 0 saturated heterocycles. The van der Waals surface area contributed by atoms with Gasteiger partial charge >= 0.3 is 0 Å². The third kappa shape index (κ3) is 5.15. The van der Waals surface area contributed by atoms with Crippen molar-refractivity contribution in [3.63, 3.8) is 0 Å². The van der Waals surface area contributed by atoms with Crippen molar-refractivity contribution in [2.75, 3.05) is 0 Å². The standard InChI is InChI=1S/C13H19NO2S/c1-11(2)12(3)14-17(15,16)10-9-13-7-5-4-6-8-13/h4-12,14H,1-3H3/b10-9+/t12-/m0/s1. The number of hydrogen-bond acceptors (Lipinski definition) is 2. The molecule has 1 atom stereocenters. The minimum atomic E-state index is -3.35. The molecule has 0 heterocycles. The largest absolute Gasteiger partial charge is 0.233 e. The molecule has 0 amide bonds. The Bertz CT molecular complexity index is 463. The van der Waals surface area contributed by atoms with E-state index in [9.17, 15) is 8.42 Å². The summed E-state index contributed by atoms with van der Waals surface area (Å²) in [5.74, 6) is 0.273. The Labute approximate surface area is 104 Å². The first-order valence-corrected chi connectivity index (χ1v) is 7.21. The molecule has 3 nitrogen and oxygen atoms in total. The molecule has 1 aromatic carbocycles. The summed E-state index contributed by atoms with van der Waals surface area (Å²) in [6, 6.07) is 9.29. The molecule has 1 aromatic rings. The van der Waals surface area contributed by atoms with Gasteiger partial charge in [-0.25, -0.2) is 13.1 Å². The number of benzene rings is 1. The number of rotatable bonds is 5. The Morgan fingerprint density at radius 3 is 2.24 bits per heavy atom. The maximum Gasteiger partial charge on any atom is 0.233 e. The molecule has 0 bridgehead atoms.